The van der Waals surface area contributed by atoms with Gasteiger partial charge in [-0.05, 0) is 0 Å². The fraction of sp³-hybridized carbons (Fsp3) is 0.889. The Morgan fingerprint density at radius 3 is 2.65 bits per heavy atom. The summed E-state index contributed by atoms with van der Waals surface area (Å²) in [6, 6.07) is -0.938. The summed E-state index contributed by atoms with van der Waals surface area (Å²) in [6.07, 6.45) is -8.16. The van der Waals surface area contributed by atoms with Crippen molar-refractivity contribution in [3.8, 4) is 0 Å². The van der Waals surface area contributed by atoms with Gasteiger partial charge in [-0.15, -0.1) is 0 Å². The average molecular weight is 257 g/mol. The minimum atomic E-state index is -4.74. The number of rotatable bonds is 3. The van der Waals surface area contributed by atoms with Crippen molar-refractivity contribution >= 4 is 5.97 Å². The molecule has 0 amide bonds. The number of likely N-dealkylation sites (tertiary alicyclic amines) is 1. The van der Waals surface area contributed by atoms with Crippen LogP contribution in [0.5, 0.6) is 0 Å². The first-order chi connectivity index (χ1) is 7.75. The van der Waals surface area contributed by atoms with E-state index in [1.807, 2.05) is 0 Å². The summed E-state index contributed by atoms with van der Waals surface area (Å²) in [6.45, 7) is -0.840. The van der Waals surface area contributed by atoms with Crippen molar-refractivity contribution in [3.05, 3.63) is 0 Å². The highest BCUT2D eigenvalue weighted by Crippen LogP contribution is 2.25. The molecule has 0 saturated carbocycles. The highest BCUT2D eigenvalue weighted by atomic mass is 19.4. The molecule has 100 valence electrons. The van der Waals surface area contributed by atoms with Gasteiger partial charge in [0.05, 0.1) is 13.2 Å². The van der Waals surface area contributed by atoms with Gasteiger partial charge in [0.1, 0.15) is 6.04 Å². The smallest absolute Gasteiger partial charge is 0.415 e. The second-order valence-corrected chi connectivity index (χ2v) is 3.94. The zero-order valence-electron chi connectivity index (χ0n) is 9.15. The largest absolute Gasteiger partial charge is 0.468 e. The van der Waals surface area contributed by atoms with E-state index in [-0.39, 0.29) is 13.0 Å². The molecule has 3 atom stereocenters. The van der Waals surface area contributed by atoms with E-state index >= 15 is 0 Å². The molecule has 5 nitrogen and oxygen atoms in total. The zero-order valence-corrected chi connectivity index (χ0v) is 9.15. The van der Waals surface area contributed by atoms with Crippen molar-refractivity contribution < 1.29 is 32.9 Å². The van der Waals surface area contributed by atoms with Crippen molar-refractivity contribution in [1.82, 2.24) is 4.90 Å². The Hall–Kier alpha value is -0.860. The summed E-state index contributed by atoms with van der Waals surface area (Å²) in [5.74, 6) is -0.712. The predicted molar refractivity (Wildman–Crippen MR) is 50.1 cm³/mol. The third-order valence-electron chi connectivity index (χ3n) is 2.64. The van der Waals surface area contributed by atoms with Gasteiger partial charge in [-0.1, -0.05) is 0 Å². The number of β-amino-alcohol motifs (C(OH)–C–C–N with tert-alkyl or cyclic N) is 2. The minimum absolute atomic E-state index is 0.0112. The molecule has 0 unspecified atom stereocenters. The first-order valence-corrected chi connectivity index (χ1v) is 5.00. The maximum Gasteiger partial charge on any atom is 0.415 e. The van der Waals surface area contributed by atoms with Crippen LogP contribution in [0.1, 0.15) is 6.42 Å². The first kappa shape index (κ1) is 14.2. The predicted octanol–water partition coefficient (Wildman–Crippen LogP) is -0.482. The highest BCUT2D eigenvalue weighted by Gasteiger charge is 2.44. The molecule has 1 rings (SSSR count). The van der Waals surface area contributed by atoms with Crippen molar-refractivity contribution in [2.24, 2.45) is 0 Å². The molecular formula is C9H14F3NO4. The molecule has 1 heterocycles. The van der Waals surface area contributed by atoms with Crippen LogP contribution < -0.4 is 0 Å². The summed E-state index contributed by atoms with van der Waals surface area (Å²) >= 11 is 0. The lowest BCUT2D eigenvalue weighted by molar-refractivity contribution is -0.209. The van der Waals surface area contributed by atoms with Crippen molar-refractivity contribution in [2.75, 3.05) is 20.2 Å². The molecule has 0 aromatic rings. The summed E-state index contributed by atoms with van der Waals surface area (Å²) in [4.78, 5) is 12.3. The zero-order chi connectivity index (χ0) is 13.2. The van der Waals surface area contributed by atoms with Crippen LogP contribution in [-0.2, 0) is 9.53 Å². The van der Waals surface area contributed by atoms with Gasteiger partial charge in [-0.25, -0.2) is 0 Å². The number of esters is 1. The van der Waals surface area contributed by atoms with Crippen LogP contribution in [-0.4, -0.2) is 65.7 Å². The third kappa shape index (κ3) is 3.55. The number of nitrogens with zero attached hydrogens (tertiary/aromatic N) is 1. The van der Waals surface area contributed by atoms with E-state index in [2.05, 4.69) is 4.74 Å². The number of aliphatic hydroxyl groups excluding tert-OH is 2. The number of alkyl halides is 3. The summed E-state index contributed by atoms with van der Waals surface area (Å²) in [5.41, 5.74) is 0. The number of hydrogen-bond acceptors (Lipinski definition) is 5. The molecule has 2 N–H and O–H groups in total. The monoisotopic (exact) mass is 257 g/mol. The Labute approximate surface area is 95.8 Å². The number of carbonyl (C=O) groups excluding carboxylic acids is 1. The van der Waals surface area contributed by atoms with Gasteiger partial charge in [-0.3, -0.25) is 9.69 Å². The highest BCUT2D eigenvalue weighted by molar-refractivity contribution is 5.76. The van der Waals surface area contributed by atoms with E-state index in [1.54, 1.807) is 0 Å². The molecule has 0 bridgehead atoms. The molecule has 1 aliphatic heterocycles. The third-order valence-corrected chi connectivity index (χ3v) is 2.64. The van der Waals surface area contributed by atoms with Gasteiger partial charge in [0.25, 0.3) is 0 Å². The van der Waals surface area contributed by atoms with Crippen LogP contribution in [0.4, 0.5) is 13.2 Å². The molecule has 1 saturated heterocycles. The number of methoxy groups -OCH3 is 1. The van der Waals surface area contributed by atoms with Crippen LogP contribution in [0.25, 0.3) is 0 Å². The Morgan fingerprint density at radius 1 is 1.59 bits per heavy atom. The Bertz CT molecular complexity index is 284. The van der Waals surface area contributed by atoms with Crippen LogP contribution in [0.3, 0.4) is 0 Å². The molecule has 0 aromatic heterocycles. The lowest BCUT2D eigenvalue weighted by Gasteiger charge is -2.25. The summed E-state index contributed by atoms with van der Waals surface area (Å²) in [5, 5.41) is 18.2. The van der Waals surface area contributed by atoms with Gasteiger partial charge in [0.15, 0.2) is 6.10 Å². The van der Waals surface area contributed by atoms with E-state index < -0.39 is 36.9 Å². The molecule has 0 aromatic carbocycles. The fourth-order valence-electron chi connectivity index (χ4n) is 1.79. The first-order valence-electron chi connectivity index (χ1n) is 5.00. The number of halogens is 3. The van der Waals surface area contributed by atoms with E-state index in [0.717, 1.165) is 12.0 Å². The molecule has 8 heteroatoms. The maximum atomic E-state index is 12.2. The van der Waals surface area contributed by atoms with Gasteiger partial charge < -0.3 is 14.9 Å². The lowest BCUT2D eigenvalue weighted by Crippen LogP contribution is -2.45. The second-order valence-electron chi connectivity index (χ2n) is 3.94. The standard InChI is InChI=1S/C9H14F3NO4/c1-17-8(16)6-2-5(14)3-13(6)4-7(15)9(10,11)12/h5-7,14-15H,2-4H2,1H3/t5-,6-,7-/m0/s1. The van der Waals surface area contributed by atoms with Crippen molar-refractivity contribution in [1.29, 1.82) is 0 Å². The number of carbonyl (C=O) groups is 1. The van der Waals surface area contributed by atoms with Crippen LogP contribution in [0, 0.1) is 0 Å². The summed E-state index contributed by atoms with van der Waals surface area (Å²) < 4.78 is 40.9. The van der Waals surface area contributed by atoms with E-state index in [4.69, 9.17) is 5.11 Å². The molecule has 1 fully saturated rings. The molecule has 17 heavy (non-hydrogen) atoms. The minimum Gasteiger partial charge on any atom is -0.468 e. The van der Waals surface area contributed by atoms with Gasteiger partial charge in [-0.2, -0.15) is 13.2 Å². The van der Waals surface area contributed by atoms with Gasteiger partial charge >= 0.3 is 12.1 Å². The summed E-state index contributed by atoms with van der Waals surface area (Å²) in [7, 11) is 1.12. The number of aliphatic hydroxyl groups is 2. The lowest BCUT2D eigenvalue weighted by atomic mass is 10.2. The Kier molecular flexibility index (Phi) is 4.34. The normalized spacial score (nSPS) is 28.1. The van der Waals surface area contributed by atoms with Gasteiger partial charge in [0.2, 0.25) is 0 Å². The molecular weight excluding hydrogens is 243 g/mol. The van der Waals surface area contributed by atoms with Crippen LogP contribution in [0.15, 0.2) is 0 Å². The molecule has 1 aliphatic rings. The molecule has 0 aliphatic carbocycles. The van der Waals surface area contributed by atoms with E-state index in [1.165, 1.54) is 0 Å². The molecule has 0 spiro atoms. The molecule has 0 radical (unpaired) electrons. The quantitative estimate of drug-likeness (QED) is 0.668. The van der Waals surface area contributed by atoms with E-state index in [0.29, 0.717) is 0 Å². The second kappa shape index (κ2) is 5.19. The van der Waals surface area contributed by atoms with E-state index in [9.17, 15) is 23.1 Å². The topological polar surface area (TPSA) is 70.0 Å². The van der Waals surface area contributed by atoms with Crippen molar-refractivity contribution in [3.63, 3.8) is 0 Å². The van der Waals surface area contributed by atoms with Gasteiger partial charge in [0, 0.05) is 19.5 Å². The Balaban J connectivity index is 2.65. The average Bonchev–Trinajstić information content (AvgIpc) is 2.57. The maximum absolute atomic E-state index is 12.2. The Morgan fingerprint density at radius 2 is 2.18 bits per heavy atom. The van der Waals surface area contributed by atoms with Crippen LogP contribution in [0.2, 0.25) is 0 Å². The number of ether oxygens (including phenoxy) is 1. The SMILES string of the molecule is COC(=O)[C@@H]1C[C@H](O)CN1C[C@H](O)C(F)(F)F. The van der Waals surface area contributed by atoms with Crippen LogP contribution >= 0.6 is 0 Å². The fourth-order valence-corrected chi connectivity index (χ4v) is 1.79. The number of hydrogen-bond donors (Lipinski definition) is 2. The van der Waals surface area contributed by atoms with Crippen molar-refractivity contribution in [2.45, 2.75) is 30.8 Å².